The third-order valence-corrected chi connectivity index (χ3v) is 4.51. The summed E-state index contributed by atoms with van der Waals surface area (Å²) in [7, 11) is 4.03. The second kappa shape index (κ2) is 9.38. The first-order valence-electron chi connectivity index (χ1n) is 9.86. The van der Waals surface area contributed by atoms with E-state index in [0.717, 1.165) is 42.9 Å². The monoisotopic (exact) mass is 395 g/mol. The molecule has 0 radical (unpaired) electrons. The summed E-state index contributed by atoms with van der Waals surface area (Å²) >= 11 is 0. The number of nitrogens with one attached hydrogen (secondary N) is 2. The molecule has 8 heteroatoms. The van der Waals surface area contributed by atoms with Gasteiger partial charge in [-0.05, 0) is 45.1 Å². The van der Waals surface area contributed by atoms with Crippen LogP contribution in [-0.4, -0.2) is 51.1 Å². The van der Waals surface area contributed by atoms with Gasteiger partial charge in [-0.1, -0.05) is 25.5 Å². The quantitative estimate of drug-likeness (QED) is 0.611. The highest BCUT2D eigenvalue weighted by Crippen LogP contribution is 2.22. The number of aromatic nitrogens is 4. The molecule has 2 aromatic heterocycles. The van der Waals surface area contributed by atoms with Gasteiger partial charge in [0.25, 0.3) is 0 Å². The summed E-state index contributed by atoms with van der Waals surface area (Å²) in [5.41, 5.74) is 3.83. The van der Waals surface area contributed by atoms with Gasteiger partial charge in [-0.3, -0.25) is 10.00 Å². The molecule has 0 spiro atoms. The molecule has 1 aromatic carbocycles. The van der Waals surface area contributed by atoms with Crippen LogP contribution in [0.2, 0.25) is 0 Å². The number of carbonyl (C=O) groups is 1. The van der Waals surface area contributed by atoms with Gasteiger partial charge in [-0.2, -0.15) is 10.2 Å². The first-order valence-corrected chi connectivity index (χ1v) is 9.86. The van der Waals surface area contributed by atoms with Crippen LogP contribution in [0.15, 0.2) is 42.7 Å². The number of rotatable bonds is 8. The molecule has 0 aliphatic carbocycles. The lowest BCUT2D eigenvalue weighted by Crippen LogP contribution is -2.21. The molecule has 3 aromatic rings. The summed E-state index contributed by atoms with van der Waals surface area (Å²) in [5.74, 6) is 0.518. The van der Waals surface area contributed by atoms with E-state index in [-0.39, 0.29) is 6.03 Å². The topological polar surface area (TPSA) is 80.0 Å². The van der Waals surface area contributed by atoms with Crippen molar-refractivity contribution in [2.75, 3.05) is 31.3 Å². The van der Waals surface area contributed by atoms with E-state index in [0.29, 0.717) is 11.5 Å². The largest absolute Gasteiger partial charge is 0.324 e. The fraction of sp³-hybridized carbons (Fsp3) is 0.381. The summed E-state index contributed by atoms with van der Waals surface area (Å²) in [6.45, 7) is 5.81. The minimum absolute atomic E-state index is 0.330. The number of nitrogens with zero attached hydrogens (tertiary/aromatic N) is 5. The molecule has 0 saturated carbocycles. The van der Waals surface area contributed by atoms with Crippen molar-refractivity contribution in [1.29, 1.82) is 0 Å². The zero-order valence-electron chi connectivity index (χ0n) is 17.5. The van der Waals surface area contributed by atoms with Crippen LogP contribution in [0.4, 0.5) is 16.3 Å². The van der Waals surface area contributed by atoms with Crippen molar-refractivity contribution >= 4 is 17.5 Å². The highest BCUT2D eigenvalue weighted by molar-refractivity contribution is 5.99. The lowest BCUT2D eigenvalue weighted by atomic mass is 10.2. The van der Waals surface area contributed by atoms with Crippen LogP contribution in [0.25, 0.3) is 5.69 Å². The van der Waals surface area contributed by atoms with Crippen molar-refractivity contribution in [2.45, 2.75) is 33.2 Å². The highest BCUT2D eigenvalue weighted by atomic mass is 16.2. The molecule has 2 heterocycles. The van der Waals surface area contributed by atoms with E-state index in [1.54, 1.807) is 12.3 Å². The Morgan fingerprint density at radius 3 is 2.76 bits per heavy atom. The number of aryl methyl sites for hydroxylation is 1. The molecule has 0 fully saturated rings. The van der Waals surface area contributed by atoms with Gasteiger partial charge in [0.15, 0.2) is 5.82 Å². The van der Waals surface area contributed by atoms with E-state index < -0.39 is 0 Å². The van der Waals surface area contributed by atoms with Crippen LogP contribution >= 0.6 is 0 Å². The Kier molecular flexibility index (Phi) is 6.66. The molecule has 8 nitrogen and oxygen atoms in total. The molecule has 29 heavy (non-hydrogen) atoms. The standard InChI is InChI=1S/C21H29N7O/c1-5-7-19-18(15-22-28(19)17-9-6-8-16(2)14-17)23-21(29)24-20-10-11-27(25-20)13-12-26(3)4/h6,8-11,14-15H,5,7,12-13H2,1-4H3,(H2,23,24,25,29). The van der Waals surface area contributed by atoms with E-state index in [2.05, 4.69) is 51.7 Å². The molecular formula is C21H29N7O. The Bertz CT molecular complexity index is 958. The summed E-state index contributed by atoms with van der Waals surface area (Å²) in [5, 5.41) is 14.6. The molecule has 0 aliphatic rings. The van der Waals surface area contributed by atoms with Crippen LogP contribution < -0.4 is 10.6 Å². The normalized spacial score (nSPS) is 11.1. The van der Waals surface area contributed by atoms with Gasteiger partial charge in [0.05, 0.1) is 29.8 Å². The maximum atomic E-state index is 12.5. The Balaban J connectivity index is 1.70. The van der Waals surface area contributed by atoms with Crippen molar-refractivity contribution in [2.24, 2.45) is 0 Å². The van der Waals surface area contributed by atoms with Crippen LogP contribution in [0.1, 0.15) is 24.6 Å². The van der Waals surface area contributed by atoms with E-state index in [4.69, 9.17) is 0 Å². The third-order valence-electron chi connectivity index (χ3n) is 4.51. The van der Waals surface area contributed by atoms with Gasteiger partial charge >= 0.3 is 6.03 Å². The smallest absolute Gasteiger partial charge is 0.308 e. The molecule has 0 saturated heterocycles. The lowest BCUT2D eigenvalue weighted by molar-refractivity contribution is 0.262. The average molecular weight is 396 g/mol. The zero-order valence-corrected chi connectivity index (χ0v) is 17.5. The van der Waals surface area contributed by atoms with Crippen LogP contribution in [-0.2, 0) is 13.0 Å². The van der Waals surface area contributed by atoms with Gasteiger partial charge in [-0.15, -0.1) is 0 Å². The minimum atomic E-state index is -0.330. The van der Waals surface area contributed by atoms with Gasteiger partial charge in [0.1, 0.15) is 0 Å². The number of benzene rings is 1. The Morgan fingerprint density at radius 2 is 2.03 bits per heavy atom. The molecule has 3 rings (SSSR count). The van der Waals surface area contributed by atoms with Crippen molar-refractivity contribution in [3.05, 3.63) is 54.0 Å². The van der Waals surface area contributed by atoms with E-state index in [1.807, 2.05) is 41.8 Å². The van der Waals surface area contributed by atoms with Crippen LogP contribution in [0.5, 0.6) is 0 Å². The molecule has 0 atom stereocenters. The lowest BCUT2D eigenvalue weighted by Gasteiger charge is -2.11. The van der Waals surface area contributed by atoms with Crippen LogP contribution in [0.3, 0.4) is 0 Å². The van der Waals surface area contributed by atoms with Gasteiger partial charge < -0.3 is 10.2 Å². The molecule has 0 bridgehead atoms. The van der Waals surface area contributed by atoms with E-state index in [9.17, 15) is 4.79 Å². The van der Waals surface area contributed by atoms with Gasteiger partial charge in [0, 0.05) is 18.8 Å². The molecule has 0 unspecified atom stereocenters. The summed E-state index contributed by atoms with van der Waals surface area (Å²) < 4.78 is 3.70. The van der Waals surface area contributed by atoms with Crippen LogP contribution in [0, 0.1) is 6.92 Å². The first-order chi connectivity index (χ1) is 14.0. The summed E-state index contributed by atoms with van der Waals surface area (Å²) in [6.07, 6.45) is 5.31. The second-order valence-electron chi connectivity index (χ2n) is 7.35. The average Bonchev–Trinajstić information content (AvgIpc) is 3.28. The number of carbonyl (C=O) groups excluding carboxylic acids is 1. The third kappa shape index (κ3) is 5.45. The van der Waals surface area contributed by atoms with Crippen molar-refractivity contribution in [3.8, 4) is 5.69 Å². The number of likely N-dealkylation sites (N-methyl/N-ethyl adjacent to an activating group) is 1. The molecule has 154 valence electrons. The predicted molar refractivity (Wildman–Crippen MR) is 116 cm³/mol. The number of hydrogen-bond acceptors (Lipinski definition) is 4. The van der Waals surface area contributed by atoms with Gasteiger partial charge in [-0.25, -0.2) is 9.48 Å². The fourth-order valence-corrected chi connectivity index (χ4v) is 3.06. The predicted octanol–water partition coefficient (Wildman–Crippen LogP) is 3.54. The second-order valence-corrected chi connectivity index (χ2v) is 7.35. The summed E-state index contributed by atoms with van der Waals surface area (Å²) in [6, 6.07) is 9.62. The molecule has 2 amide bonds. The number of hydrogen-bond donors (Lipinski definition) is 2. The minimum Gasteiger partial charge on any atom is -0.308 e. The van der Waals surface area contributed by atoms with Crippen molar-refractivity contribution in [3.63, 3.8) is 0 Å². The van der Waals surface area contributed by atoms with E-state index >= 15 is 0 Å². The Morgan fingerprint density at radius 1 is 1.21 bits per heavy atom. The SMILES string of the molecule is CCCc1c(NC(=O)Nc2ccn(CCN(C)C)n2)cnn1-c1cccc(C)c1. The fourth-order valence-electron chi connectivity index (χ4n) is 3.06. The zero-order chi connectivity index (χ0) is 20.8. The van der Waals surface area contributed by atoms with E-state index in [1.165, 1.54) is 0 Å². The highest BCUT2D eigenvalue weighted by Gasteiger charge is 2.15. The number of urea groups is 1. The maximum absolute atomic E-state index is 12.5. The number of anilines is 2. The van der Waals surface area contributed by atoms with Gasteiger partial charge in [0.2, 0.25) is 0 Å². The Hall–Kier alpha value is -3.13. The van der Waals surface area contributed by atoms with Crippen molar-refractivity contribution < 1.29 is 4.79 Å². The molecular weight excluding hydrogens is 366 g/mol. The number of amides is 2. The molecule has 0 aliphatic heterocycles. The molecule has 2 N–H and O–H groups in total. The Labute approximate surface area is 171 Å². The first kappa shape index (κ1) is 20.6. The summed E-state index contributed by atoms with van der Waals surface area (Å²) in [4.78, 5) is 14.6. The van der Waals surface area contributed by atoms with Crippen molar-refractivity contribution in [1.82, 2.24) is 24.5 Å². The maximum Gasteiger partial charge on any atom is 0.324 e.